The maximum atomic E-state index is 10.4. The van der Waals surface area contributed by atoms with Crippen molar-refractivity contribution in [3.63, 3.8) is 0 Å². The second kappa shape index (κ2) is 3.61. The molecular formula is C12H24O. The Morgan fingerprint density at radius 1 is 1.23 bits per heavy atom. The van der Waals surface area contributed by atoms with E-state index in [2.05, 4.69) is 27.7 Å². The van der Waals surface area contributed by atoms with Gasteiger partial charge in [0.25, 0.3) is 0 Å². The van der Waals surface area contributed by atoms with E-state index in [1.165, 1.54) is 19.3 Å². The molecule has 1 rings (SSSR count). The SMILES string of the molecule is CCC1CCC(O)(C(C)(C)C)CC1. The van der Waals surface area contributed by atoms with Crippen molar-refractivity contribution in [2.45, 2.75) is 65.4 Å². The maximum absolute atomic E-state index is 10.4. The minimum Gasteiger partial charge on any atom is -0.389 e. The van der Waals surface area contributed by atoms with Gasteiger partial charge in [-0.05, 0) is 37.0 Å². The van der Waals surface area contributed by atoms with E-state index in [1.807, 2.05) is 0 Å². The van der Waals surface area contributed by atoms with Gasteiger partial charge in [-0.2, -0.15) is 0 Å². The summed E-state index contributed by atoms with van der Waals surface area (Å²) in [4.78, 5) is 0. The minimum atomic E-state index is -0.404. The van der Waals surface area contributed by atoms with Crippen LogP contribution in [0.4, 0.5) is 0 Å². The molecule has 0 amide bonds. The molecule has 0 bridgehead atoms. The predicted molar refractivity (Wildman–Crippen MR) is 56.7 cm³/mol. The average Bonchev–Trinajstić information content (AvgIpc) is 2.04. The molecule has 0 atom stereocenters. The smallest absolute Gasteiger partial charge is 0.0696 e. The molecule has 1 N–H and O–H groups in total. The van der Waals surface area contributed by atoms with Gasteiger partial charge in [-0.15, -0.1) is 0 Å². The Morgan fingerprint density at radius 2 is 1.69 bits per heavy atom. The topological polar surface area (TPSA) is 20.2 Å². The van der Waals surface area contributed by atoms with E-state index in [1.54, 1.807) is 0 Å². The lowest BCUT2D eigenvalue weighted by Gasteiger charge is -2.45. The molecule has 1 fully saturated rings. The summed E-state index contributed by atoms with van der Waals surface area (Å²) in [6, 6.07) is 0. The Labute approximate surface area is 82.5 Å². The van der Waals surface area contributed by atoms with E-state index in [0.717, 1.165) is 18.8 Å². The van der Waals surface area contributed by atoms with Gasteiger partial charge < -0.3 is 5.11 Å². The third kappa shape index (κ3) is 2.25. The van der Waals surface area contributed by atoms with Crippen LogP contribution < -0.4 is 0 Å². The van der Waals surface area contributed by atoms with Crippen LogP contribution in [0.2, 0.25) is 0 Å². The molecule has 0 spiro atoms. The summed E-state index contributed by atoms with van der Waals surface area (Å²) in [7, 11) is 0. The average molecular weight is 184 g/mol. The summed E-state index contributed by atoms with van der Waals surface area (Å²) >= 11 is 0. The molecule has 78 valence electrons. The van der Waals surface area contributed by atoms with Crippen molar-refractivity contribution in [2.75, 3.05) is 0 Å². The van der Waals surface area contributed by atoms with E-state index >= 15 is 0 Å². The Balaban J connectivity index is 2.57. The van der Waals surface area contributed by atoms with Gasteiger partial charge in [0, 0.05) is 0 Å². The van der Waals surface area contributed by atoms with Crippen LogP contribution in [0, 0.1) is 11.3 Å². The van der Waals surface area contributed by atoms with E-state index in [4.69, 9.17) is 0 Å². The lowest BCUT2D eigenvalue weighted by Crippen LogP contribution is -2.45. The number of hydrogen-bond acceptors (Lipinski definition) is 1. The second-order valence-corrected chi connectivity index (χ2v) is 5.63. The van der Waals surface area contributed by atoms with E-state index in [0.29, 0.717) is 0 Å². The molecule has 1 heteroatoms. The molecule has 0 aromatic carbocycles. The number of rotatable bonds is 1. The molecule has 0 unspecified atom stereocenters. The van der Waals surface area contributed by atoms with Crippen molar-refractivity contribution in [2.24, 2.45) is 11.3 Å². The maximum Gasteiger partial charge on any atom is 0.0696 e. The zero-order chi connectivity index (χ0) is 10.1. The van der Waals surface area contributed by atoms with Crippen molar-refractivity contribution in [1.82, 2.24) is 0 Å². The summed E-state index contributed by atoms with van der Waals surface area (Å²) in [5, 5.41) is 10.4. The summed E-state index contributed by atoms with van der Waals surface area (Å²) in [5.41, 5.74) is -0.357. The molecule has 1 saturated carbocycles. The highest BCUT2D eigenvalue weighted by molar-refractivity contribution is 4.94. The van der Waals surface area contributed by atoms with Crippen LogP contribution in [0.25, 0.3) is 0 Å². The first-order valence-corrected chi connectivity index (χ1v) is 5.61. The van der Waals surface area contributed by atoms with Gasteiger partial charge in [-0.25, -0.2) is 0 Å². The molecular weight excluding hydrogens is 160 g/mol. The Hall–Kier alpha value is -0.0400. The van der Waals surface area contributed by atoms with Gasteiger partial charge in [0.2, 0.25) is 0 Å². The number of hydrogen-bond donors (Lipinski definition) is 1. The Kier molecular flexibility index (Phi) is 3.06. The fourth-order valence-electron chi connectivity index (χ4n) is 2.31. The van der Waals surface area contributed by atoms with Crippen LogP contribution in [0.5, 0.6) is 0 Å². The fourth-order valence-corrected chi connectivity index (χ4v) is 2.31. The van der Waals surface area contributed by atoms with Crippen molar-refractivity contribution >= 4 is 0 Å². The summed E-state index contributed by atoms with van der Waals surface area (Å²) < 4.78 is 0. The molecule has 0 aliphatic heterocycles. The third-order valence-electron chi connectivity index (χ3n) is 3.91. The Bertz CT molecular complexity index is 158. The lowest BCUT2D eigenvalue weighted by atomic mass is 9.66. The number of aliphatic hydroxyl groups is 1. The summed E-state index contributed by atoms with van der Waals surface area (Å²) in [5.74, 6) is 0.864. The van der Waals surface area contributed by atoms with E-state index in [-0.39, 0.29) is 5.41 Å². The molecule has 1 nitrogen and oxygen atoms in total. The first-order chi connectivity index (χ1) is 5.89. The van der Waals surface area contributed by atoms with E-state index in [9.17, 15) is 5.11 Å². The molecule has 0 heterocycles. The monoisotopic (exact) mass is 184 g/mol. The van der Waals surface area contributed by atoms with Crippen molar-refractivity contribution in [3.8, 4) is 0 Å². The third-order valence-corrected chi connectivity index (χ3v) is 3.91. The predicted octanol–water partition coefficient (Wildman–Crippen LogP) is 3.36. The molecule has 1 aliphatic rings. The van der Waals surface area contributed by atoms with Gasteiger partial charge >= 0.3 is 0 Å². The van der Waals surface area contributed by atoms with Gasteiger partial charge in [-0.1, -0.05) is 34.1 Å². The first-order valence-electron chi connectivity index (χ1n) is 5.61. The molecule has 0 radical (unpaired) electrons. The van der Waals surface area contributed by atoms with Crippen LogP contribution in [0.1, 0.15) is 59.8 Å². The van der Waals surface area contributed by atoms with Gasteiger partial charge in [0.15, 0.2) is 0 Å². The fraction of sp³-hybridized carbons (Fsp3) is 1.00. The van der Waals surface area contributed by atoms with Crippen LogP contribution in [-0.4, -0.2) is 10.7 Å². The standard InChI is InChI=1S/C12H24O/c1-5-10-6-8-12(13,9-7-10)11(2,3)4/h10,13H,5-9H2,1-4H3. The molecule has 1 aliphatic carbocycles. The van der Waals surface area contributed by atoms with E-state index < -0.39 is 5.60 Å². The normalized spacial score (nSPS) is 36.2. The molecule has 0 aromatic rings. The molecule has 0 saturated heterocycles. The Morgan fingerprint density at radius 3 is 2.00 bits per heavy atom. The highest BCUT2D eigenvalue weighted by Crippen LogP contribution is 2.43. The van der Waals surface area contributed by atoms with Gasteiger partial charge in [0.1, 0.15) is 0 Å². The van der Waals surface area contributed by atoms with Crippen LogP contribution in [-0.2, 0) is 0 Å². The quantitative estimate of drug-likeness (QED) is 0.662. The summed E-state index contributed by atoms with van der Waals surface area (Å²) in [6.45, 7) is 8.71. The van der Waals surface area contributed by atoms with Crippen molar-refractivity contribution in [3.05, 3.63) is 0 Å². The zero-order valence-corrected chi connectivity index (χ0v) is 9.56. The van der Waals surface area contributed by atoms with Crippen molar-refractivity contribution < 1.29 is 5.11 Å². The lowest BCUT2D eigenvalue weighted by molar-refractivity contribution is -0.0931. The molecule has 0 aromatic heterocycles. The van der Waals surface area contributed by atoms with Crippen LogP contribution in [0.3, 0.4) is 0 Å². The highest BCUT2D eigenvalue weighted by atomic mass is 16.3. The van der Waals surface area contributed by atoms with Crippen LogP contribution >= 0.6 is 0 Å². The zero-order valence-electron chi connectivity index (χ0n) is 9.56. The largest absolute Gasteiger partial charge is 0.389 e. The van der Waals surface area contributed by atoms with Crippen LogP contribution in [0.15, 0.2) is 0 Å². The second-order valence-electron chi connectivity index (χ2n) is 5.63. The highest BCUT2D eigenvalue weighted by Gasteiger charge is 2.42. The molecule has 13 heavy (non-hydrogen) atoms. The summed E-state index contributed by atoms with van der Waals surface area (Å²) in [6.07, 6.45) is 5.69. The van der Waals surface area contributed by atoms with Gasteiger partial charge in [-0.3, -0.25) is 0 Å². The van der Waals surface area contributed by atoms with Crippen molar-refractivity contribution in [1.29, 1.82) is 0 Å². The first kappa shape index (κ1) is 11.0. The minimum absolute atomic E-state index is 0.0473. The van der Waals surface area contributed by atoms with Gasteiger partial charge in [0.05, 0.1) is 5.60 Å².